The SMILES string of the molecule is Cc1cccc(CN(CCC#N)C2CC2)n1. The highest BCUT2D eigenvalue weighted by atomic mass is 15.2. The van der Waals surface area contributed by atoms with Crippen LogP contribution in [0.2, 0.25) is 0 Å². The zero-order valence-electron chi connectivity index (χ0n) is 9.69. The lowest BCUT2D eigenvalue weighted by molar-refractivity contribution is 0.257. The van der Waals surface area contributed by atoms with E-state index in [2.05, 4.69) is 22.0 Å². The van der Waals surface area contributed by atoms with Crippen LogP contribution in [0.4, 0.5) is 0 Å². The van der Waals surface area contributed by atoms with Crippen molar-refractivity contribution in [3.05, 3.63) is 29.6 Å². The number of aromatic nitrogens is 1. The Kier molecular flexibility index (Phi) is 3.53. The van der Waals surface area contributed by atoms with Crippen LogP contribution in [-0.2, 0) is 6.54 Å². The average Bonchev–Trinajstić information content (AvgIpc) is 3.08. The van der Waals surface area contributed by atoms with Crippen LogP contribution in [-0.4, -0.2) is 22.5 Å². The van der Waals surface area contributed by atoms with Crippen molar-refractivity contribution in [2.24, 2.45) is 0 Å². The molecule has 0 N–H and O–H groups in total. The van der Waals surface area contributed by atoms with E-state index in [9.17, 15) is 0 Å². The molecule has 3 heteroatoms. The van der Waals surface area contributed by atoms with E-state index in [1.165, 1.54) is 12.8 Å². The highest BCUT2D eigenvalue weighted by Crippen LogP contribution is 2.28. The van der Waals surface area contributed by atoms with Crippen molar-refractivity contribution in [3.8, 4) is 6.07 Å². The van der Waals surface area contributed by atoms with Gasteiger partial charge in [-0.3, -0.25) is 9.88 Å². The normalized spacial score (nSPS) is 15.1. The fraction of sp³-hybridized carbons (Fsp3) is 0.538. The summed E-state index contributed by atoms with van der Waals surface area (Å²) in [4.78, 5) is 6.89. The summed E-state index contributed by atoms with van der Waals surface area (Å²) in [6.45, 7) is 3.77. The lowest BCUT2D eigenvalue weighted by Gasteiger charge is -2.20. The number of aryl methyl sites for hydroxylation is 1. The molecule has 0 aliphatic heterocycles. The first-order chi connectivity index (χ1) is 7.79. The highest BCUT2D eigenvalue weighted by molar-refractivity contribution is 5.10. The number of hydrogen-bond donors (Lipinski definition) is 0. The van der Waals surface area contributed by atoms with Gasteiger partial charge < -0.3 is 0 Å². The molecule has 0 saturated heterocycles. The van der Waals surface area contributed by atoms with Gasteiger partial charge in [0.05, 0.1) is 11.8 Å². The summed E-state index contributed by atoms with van der Waals surface area (Å²) >= 11 is 0. The van der Waals surface area contributed by atoms with Gasteiger partial charge in [0.1, 0.15) is 0 Å². The smallest absolute Gasteiger partial charge is 0.0635 e. The lowest BCUT2D eigenvalue weighted by Crippen LogP contribution is -2.27. The third kappa shape index (κ3) is 3.04. The molecule has 1 saturated carbocycles. The third-order valence-electron chi connectivity index (χ3n) is 2.89. The summed E-state index contributed by atoms with van der Waals surface area (Å²) in [6, 6.07) is 9.03. The fourth-order valence-electron chi connectivity index (χ4n) is 1.92. The van der Waals surface area contributed by atoms with Crippen LogP contribution in [0.3, 0.4) is 0 Å². The van der Waals surface area contributed by atoms with Gasteiger partial charge in [0, 0.05) is 31.2 Å². The van der Waals surface area contributed by atoms with Crippen molar-refractivity contribution in [3.63, 3.8) is 0 Å². The molecule has 1 aromatic heterocycles. The first-order valence-corrected chi connectivity index (χ1v) is 5.83. The maximum Gasteiger partial charge on any atom is 0.0635 e. The van der Waals surface area contributed by atoms with Crippen LogP contribution in [0.15, 0.2) is 18.2 Å². The summed E-state index contributed by atoms with van der Waals surface area (Å²) in [5.74, 6) is 0. The maximum absolute atomic E-state index is 8.64. The van der Waals surface area contributed by atoms with Gasteiger partial charge in [0.25, 0.3) is 0 Å². The predicted molar refractivity (Wildman–Crippen MR) is 62.6 cm³/mol. The Morgan fingerprint density at radius 1 is 1.50 bits per heavy atom. The van der Waals surface area contributed by atoms with Gasteiger partial charge in [-0.1, -0.05) is 6.07 Å². The zero-order valence-corrected chi connectivity index (χ0v) is 9.69. The number of hydrogen-bond acceptors (Lipinski definition) is 3. The Labute approximate surface area is 96.7 Å². The number of pyridine rings is 1. The molecule has 1 aliphatic rings. The van der Waals surface area contributed by atoms with E-state index in [1.54, 1.807) is 0 Å². The monoisotopic (exact) mass is 215 g/mol. The van der Waals surface area contributed by atoms with E-state index in [-0.39, 0.29) is 0 Å². The predicted octanol–water partition coefficient (Wildman–Crippen LogP) is 2.27. The van der Waals surface area contributed by atoms with Crippen LogP contribution in [0.1, 0.15) is 30.7 Å². The van der Waals surface area contributed by atoms with Crippen molar-refractivity contribution >= 4 is 0 Å². The van der Waals surface area contributed by atoms with Crippen molar-refractivity contribution in [1.82, 2.24) is 9.88 Å². The first-order valence-electron chi connectivity index (χ1n) is 5.83. The molecule has 16 heavy (non-hydrogen) atoms. The summed E-state index contributed by atoms with van der Waals surface area (Å²) in [7, 11) is 0. The minimum Gasteiger partial charge on any atom is -0.294 e. The molecule has 0 amide bonds. The Balaban J connectivity index is 1.97. The molecule has 0 atom stereocenters. The molecule has 0 radical (unpaired) electrons. The molecule has 1 aliphatic carbocycles. The molecule has 0 bridgehead atoms. The molecule has 2 rings (SSSR count). The van der Waals surface area contributed by atoms with Gasteiger partial charge in [-0.05, 0) is 31.9 Å². The Bertz CT molecular complexity index is 390. The minimum atomic E-state index is 0.613. The summed E-state index contributed by atoms with van der Waals surface area (Å²) in [6.07, 6.45) is 3.16. The van der Waals surface area contributed by atoms with Gasteiger partial charge >= 0.3 is 0 Å². The largest absolute Gasteiger partial charge is 0.294 e. The van der Waals surface area contributed by atoms with Crippen molar-refractivity contribution in [1.29, 1.82) is 5.26 Å². The van der Waals surface area contributed by atoms with Crippen LogP contribution in [0.5, 0.6) is 0 Å². The third-order valence-corrected chi connectivity index (χ3v) is 2.89. The summed E-state index contributed by atoms with van der Waals surface area (Å²) in [5, 5.41) is 8.64. The van der Waals surface area contributed by atoms with E-state index in [0.29, 0.717) is 12.5 Å². The van der Waals surface area contributed by atoms with Crippen LogP contribution >= 0.6 is 0 Å². The second-order valence-electron chi connectivity index (χ2n) is 4.38. The molecular formula is C13H17N3. The lowest BCUT2D eigenvalue weighted by atomic mass is 10.3. The van der Waals surface area contributed by atoms with Gasteiger partial charge in [0.15, 0.2) is 0 Å². The Morgan fingerprint density at radius 2 is 2.31 bits per heavy atom. The molecule has 84 valence electrons. The molecule has 0 unspecified atom stereocenters. The molecule has 1 fully saturated rings. The van der Waals surface area contributed by atoms with Crippen LogP contribution in [0.25, 0.3) is 0 Å². The van der Waals surface area contributed by atoms with Crippen molar-refractivity contribution < 1.29 is 0 Å². The highest BCUT2D eigenvalue weighted by Gasteiger charge is 2.28. The first kappa shape index (κ1) is 11.1. The van der Waals surface area contributed by atoms with Gasteiger partial charge in [-0.25, -0.2) is 0 Å². The minimum absolute atomic E-state index is 0.613. The molecule has 0 spiro atoms. The standard InChI is InChI=1S/C13H17N3/c1-11-4-2-5-12(15-11)10-16(9-3-8-14)13-6-7-13/h2,4-5,13H,3,6-7,9-10H2,1H3. The van der Waals surface area contributed by atoms with E-state index in [1.807, 2.05) is 19.1 Å². The topological polar surface area (TPSA) is 39.9 Å². The van der Waals surface area contributed by atoms with Gasteiger partial charge in [-0.2, -0.15) is 5.26 Å². The van der Waals surface area contributed by atoms with E-state index in [0.717, 1.165) is 24.5 Å². The van der Waals surface area contributed by atoms with E-state index >= 15 is 0 Å². The van der Waals surface area contributed by atoms with Gasteiger partial charge in [-0.15, -0.1) is 0 Å². The second kappa shape index (κ2) is 5.09. The Morgan fingerprint density at radius 3 is 2.94 bits per heavy atom. The quantitative estimate of drug-likeness (QED) is 0.756. The van der Waals surface area contributed by atoms with Crippen LogP contribution < -0.4 is 0 Å². The summed E-state index contributed by atoms with van der Waals surface area (Å²) in [5.41, 5.74) is 2.18. The molecule has 1 aromatic rings. The number of rotatable bonds is 5. The number of nitrogens with zero attached hydrogens (tertiary/aromatic N) is 3. The van der Waals surface area contributed by atoms with Crippen molar-refractivity contribution in [2.75, 3.05) is 6.54 Å². The van der Waals surface area contributed by atoms with Gasteiger partial charge in [0.2, 0.25) is 0 Å². The van der Waals surface area contributed by atoms with E-state index < -0.39 is 0 Å². The maximum atomic E-state index is 8.64. The Hall–Kier alpha value is -1.40. The van der Waals surface area contributed by atoms with Crippen molar-refractivity contribution in [2.45, 2.75) is 38.8 Å². The van der Waals surface area contributed by atoms with Crippen LogP contribution in [0, 0.1) is 18.3 Å². The molecular weight excluding hydrogens is 198 g/mol. The average molecular weight is 215 g/mol. The molecule has 1 heterocycles. The van der Waals surface area contributed by atoms with E-state index in [4.69, 9.17) is 5.26 Å². The number of nitriles is 1. The zero-order chi connectivity index (χ0) is 11.4. The molecule has 3 nitrogen and oxygen atoms in total. The fourth-order valence-corrected chi connectivity index (χ4v) is 1.92. The summed E-state index contributed by atoms with van der Waals surface area (Å²) < 4.78 is 0. The molecule has 0 aromatic carbocycles. The second-order valence-corrected chi connectivity index (χ2v) is 4.38.